The molecule has 196 valence electrons. The van der Waals surface area contributed by atoms with Gasteiger partial charge in [0.2, 0.25) is 0 Å². The van der Waals surface area contributed by atoms with Gasteiger partial charge in [0, 0.05) is 37.0 Å². The number of hydrogen-bond acceptors (Lipinski definition) is 6. The van der Waals surface area contributed by atoms with Crippen molar-refractivity contribution in [3.63, 3.8) is 0 Å². The molecule has 1 aliphatic rings. The van der Waals surface area contributed by atoms with Crippen molar-refractivity contribution >= 4 is 34.2 Å². The van der Waals surface area contributed by atoms with Gasteiger partial charge in [-0.05, 0) is 54.6 Å². The topological polar surface area (TPSA) is 76.6 Å². The van der Waals surface area contributed by atoms with Crippen molar-refractivity contribution in [1.29, 1.82) is 0 Å². The first-order valence-electron chi connectivity index (χ1n) is 11.8. The maximum atomic E-state index is 13.1. The minimum Gasteiger partial charge on any atom is -0.457 e. The lowest BCUT2D eigenvalue weighted by molar-refractivity contribution is -0.137. The molecule has 7 nitrogen and oxygen atoms in total. The first-order valence-corrected chi connectivity index (χ1v) is 12.1. The second-order valence-corrected chi connectivity index (χ2v) is 9.08. The van der Waals surface area contributed by atoms with Gasteiger partial charge in [-0.3, -0.25) is 14.7 Å². The molecule has 0 aliphatic carbocycles. The van der Waals surface area contributed by atoms with Crippen molar-refractivity contribution < 1.29 is 27.4 Å². The van der Waals surface area contributed by atoms with Gasteiger partial charge in [-0.25, -0.2) is 4.98 Å². The third kappa shape index (κ3) is 6.21. The van der Waals surface area contributed by atoms with E-state index < -0.39 is 22.7 Å². The van der Waals surface area contributed by atoms with E-state index in [2.05, 4.69) is 15.2 Å². The van der Waals surface area contributed by atoms with Crippen LogP contribution in [0.3, 0.4) is 0 Å². The summed E-state index contributed by atoms with van der Waals surface area (Å²) in [5.41, 5.74) is 1.48. The molecular weight excluding hydrogens is 521 g/mol. The number of carbonyl (C=O) groups excluding carboxylic acids is 1. The van der Waals surface area contributed by atoms with Crippen LogP contribution in [0, 0.1) is 0 Å². The standard InChI is InChI=1S/C27H22ClF3N4O3/c28-23-7-1-17(13-22(23)27(29,30)31)26(36)34-18-2-4-20(5-3-18)38-21-6-8-24-25(14-21)33-19(15-32-24)16-35-9-11-37-12-10-35/h1-8,13-15H,9-12,16H2,(H,34,36). The molecule has 0 atom stereocenters. The first-order chi connectivity index (χ1) is 18.2. The fourth-order valence-corrected chi connectivity index (χ4v) is 4.21. The van der Waals surface area contributed by atoms with Crippen molar-refractivity contribution in [2.45, 2.75) is 12.7 Å². The molecule has 5 rings (SSSR count). The second-order valence-electron chi connectivity index (χ2n) is 8.67. The zero-order valence-corrected chi connectivity index (χ0v) is 20.7. The van der Waals surface area contributed by atoms with Crippen LogP contribution in [0.15, 0.2) is 66.9 Å². The van der Waals surface area contributed by atoms with Crippen LogP contribution in [0.25, 0.3) is 11.0 Å². The highest BCUT2D eigenvalue weighted by Crippen LogP contribution is 2.35. The van der Waals surface area contributed by atoms with Crippen LogP contribution in [0.1, 0.15) is 21.6 Å². The Labute approximate surface area is 221 Å². The van der Waals surface area contributed by atoms with Crippen molar-refractivity contribution in [3.8, 4) is 11.5 Å². The Morgan fingerprint density at radius 2 is 1.74 bits per heavy atom. The molecule has 0 bridgehead atoms. The van der Waals surface area contributed by atoms with Gasteiger partial charge in [0.1, 0.15) is 11.5 Å². The average molecular weight is 543 g/mol. The molecule has 38 heavy (non-hydrogen) atoms. The van der Waals surface area contributed by atoms with Crippen LogP contribution in [0.5, 0.6) is 11.5 Å². The van der Waals surface area contributed by atoms with Crippen molar-refractivity contribution in [3.05, 3.63) is 88.7 Å². The summed E-state index contributed by atoms with van der Waals surface area (Å²) in [6.07, 6.45) is -2.88. The maximum Gasteiger partial charge on any atom is 0.417 e. The Kier molecular flexibility index (Phi) is 7.46. The summed E-state index contributed by atoms with van der Waals surface area (Å²) in [4.78, 5) is 24.0. The Balaban J connectivity index is 1.25. The van der Waals surface area contributed by atoms with Gasteiger partial charge >= 0.3 is 6.18 Å². The quantitative estimate of drug-likeness (QED) is 0.314. The van der Waals surface area contributed by atoms with Crippen LogP contribution in [-0.4, -0.2) is 47.1 Å². The van der Waals surface area contributed by atoms with Gasteiger partial charge in [0.05, 0.1) is 46.7 Å². The predicted octanol–water partition coefficient (Wildman–Crippen LogP) is 6.18. The normalized spacial score (nSPS) is 14.4. The van der Waals surface area contributed by atoms with Gasteiger partial charge in [0.25, 0.3) is 5.91 Å². The number of hydrogen-bond donors (Lipinski definition) is 1. The molecule has 1 fully saturated rings. The molecule has 1 N–H and O–H groups in total. The highest BCUT2D eigenvalue weighted by Gasteiger charge is 2.33. The molecule has 0 spiro atoms. The fourth-order valence-electron chi connectivity index (χ4n) is 3.99. The number of fused-ring (bicyclic) bond motifs is 1. The highest BCUT2D eigenvalue weighted by molar-refractivity contribution is 6.31. The summed E-state index contributed by atoms with van der Waals surface area (Å²) in [7, 11) is 0. The number of halogens is 4. The lowest BCUT2D eigenvalue weighted by atomic mass is 10.1. The molecule has 1 saturated heterocycles. The van der Waals surface area contributed by atoms with Crippen LogP contribution in [0.2, 0.25) is 5.02 Å². The summed E-state index contributed by atoms with van der Waals surface area (Å²) in [6.45, 7) is 3.82. The molecule has 11 heteroatoms. The van der Waals surface area contributed by atoms with Gasteiger partial charge < -0.3 is 14.8 Å². The van der Waals surface area contributed by atoms with E-state index in [1.54, 1.807) is 42.6 Å². The molecule has 4 aromatic rings. The third-order valence-electron chi connectivity index (χ3n) is 5.93. The van der Waals surface area contributed by atoms with E-state index in [9.17, 15) is 18.0 Å². The largest absolute Gasteiger partial charge is 0.457 e. The second kappa shape index (κ2) is 10.9. The van der Waals surface area contributed by atoms with E-state index in [1.807, 2.05) is 6.07 Å². The number of carbonyl (C=O) groups is 1. The van der Waals surface area contributed by atoms with Gasteiger partial charge in [-0.15, -0.1) is 0 Å². The molecule has 0 saturated carbocycles. The number of rotatable bonds is 6. The number of benzene rings is 3. The third-order valence-corrected chi connectivity index (χ3v) is 6.26. The Bertz CT molecular complexity index is 1460. The summed E-state index contributed by atoms with van der Waals surface area (Å²) in [5, 5.41) is 2.11. The fraction of sp³-hybridized carbons (Fsp3) is 0.222. The van der Waals surface area contributed by atoms with Gasteiger partial charge in [-0.2, -0.15) is 13.2 Å². The number of ether oxygens (including phenoxy) is 2. The Morgan fingerprint density at radius 1 is 1.00 bits per heavy atom. The average Bonchev–Trinajstić information content (AvgIpc) is 2.90. The summed E-state index contributed by atoms with van der Waals surface area (Å²) in [5.74, 6) is 0.375. The van der Waals surface area contributed by atoms with E-state index >= 15 is 0 Å². The molecule has 1 aromatic heterocycles. The summed E-state index contributed by atoms with van der Waals surface area (Å²) < 4.78 is 50.6. The number of anilines is 1. The molecule has 0 radical (unpaired) electrons. The number of amides is 1. The zero-order valence-electron chi connectivity index (χ0n) is 20.0. The smallest absolute Gasteiger partial charge is 0.417 e. The minimum atomic E-state index is -4.66. The van der Waals surface area contributed by atoms with Crippen molar-refractivity contribution in [1.82, 2.24) is 14.9 Å². The maximum absolute atomic E-state index is 13.1. The van der Waals surface area contributed by atoms with Crippen LogP contribution >= 0.6 is 11.6 Å². The molecule has 2 heterocycles. The highest BCUT2D eigenvalue weighted by atomic mass is 35.5. The molecule has 1 amide bonds. The Morgan fingerprint density at radius 3 is 2.47 bits per heavy atom. The van der Waals surface area contributed by atoms with Gasteiger partial charge in [0.15, 0.2) is 0 Å². The van der Waals surface area contributed by atoms with Crippen molar-refractivity contribution in [2.24, 2.45) is 0 Å². The van der Waals surface area contributed by atoms with E-state index in [0.29, 0.717) is 42.5 Å². The first kappa shape index (κ1) is 25.9. The van der Waals surface area contributed by atoms with Crippen molar-refractivity contribution in [2.75, 3.05) is 31.6 Å². The van der Waals surface area contributed by atoms with E-state index in [4.69, 9.17) is 26.1 Å². The molecule has 3 aromatic carbocycles. The zero-order chi connectivity index (χ0) is 26.7. The number of aromatic nitrogens is 2. The number of alkyl halides is 3. The lowest BCUT2D eigenvalue weighted by Crippen LogP contribution is -2.35. The number of nitrogens with zero attached hydrogens (tertiary/aromatic N) is 3. The van der Waals surface area contributed by atoms with Crippen LogP contribution in [0.4, 0.5) is 18.9 Å². The monoisotopic (exact) mass is 542 g/mol. The molecule has 1 aliphatic heterocycles. The minimum absolute atomic E-state index is 0.160. The van der Waals surface area contributed by atoms with Gasteiger partial charge in [-0.1, -0.05) is 11.6 Å². The lowest BCUT2D eigenvalue weighted by Gasteiger charge is -2.26. The Hall–Kier alpha value is -3.73. The van der Waals surface area contributed by atoms with Crippen LogP contribution in [-0.2, 0) is 17.5 Å². The summed E-state index contributed by atoms with van der Waals surface area (Å²) in [6, 6.07) is 14.9. The van der Waals surface area contributed by atoms with E-state index in [0.717, 1.165) is 36.4 Å². The predicted molar refractivity (Wildman–Crippen MR) is 137 cm³/mol. The van der Waals surface area contributed by atoms with Crippen LogP contribution < -0.4 is 10.1 Å². The molecular formula is C27H22ClF3N4O3. The van der Waals surface area contributed by atoms with E-state index in [-0.39, 0.29) is 5.56 Å². The SMILES string of the molecule is O=C(Nc1ccc(Oc2ccc3ncc(CN4CCOCC4)nc3c2)cc1)c1ccc(Cl)c(C(F)(F)F)c1. The number of morpholine rings is 1. The number of nitrogens with one attached hydrogen (secondary N) is 1. The molecule has 0 unspecified atom stereocenters. The summed E-state index contributed by atoms with van der Waals surface area (Å²) >= 11 is 5.63. The van der Waals surface area contributed by atoms with E-state index in [1.165, 1.54) is 6.07 Å².